The van der Waals surface area contributed by atoms with Crippen LogP contribution in [0.15, 0.2) is 39.5 Å². The summed E-state index contributed by atoms with van der Waals surface area (Å²) in [7, 11) is 0. The van der Waals surface area contributed by atoms with Gasteiger partial charge in [0, 0.05) is 11.1 Å². The topological polar surface area (TPSA) is 12.0 Å². The van der Waals surface area contributed by atoms with Crippen molar-refractivity contribution in [2.75, 3.05) is 6.54 Å². The number of thiophene rings is 1. The van der Waals surface area contributed by atoms with Gasteiger partial charge in [-0.05, 0) is 63.6 Å². The number of halogens is 2. The van der Waals surface area contributed by atoms with Gasteiger partial charge >= 0.3 is 0 Å². The highest BCUT2D eigenvalue weighted by atomic mass is 79.9. The summed E-state index contributed by atoms with van der Waals surface area (Å²) in [6.45, 7) is 3.09. The lowest BCUT2D eigenvalue weighted by Gasteiger charge is -2.17. The fourth-order valence-corrected chi connectivity index (χ4v) is 3.40. The average molecular weight is 345 g/mol. The van der Waals surface area contributed by atoms with Crippen molar-refractivity contribution < 1.29 is 0 Å². The molecule has 0 fully saturated rings. The highest BCUT2D eigenvalue weighted by molar-refractivity contribution is 9.11. The Morgan fingerprint density at radius 3 is 2.83 bits per heavy atom. The number of rotatable bonds is 5. The molecule has 0 aliphatic carbocycles. The van der Waals surface area contributed by atoms with Crippen LogP contribution >= 0.6 is 38.9 Å². The summed E-state index contributed by atoms with van der Waals surface area (Å²) in [6.07, 6.45) is 0.956. The molecule has 1 N–H and O–H groups in total. The molecule has 1 atom stereocenters. The van der Waals surface area contributed by atoms with E-state index in [2.05, 4.69) is 45.7 Å². The van der Waals surface area contributed by atoms with Gasteiger partial charge in [-0.3, -0.25) is 0 Å². The molecule has 0 bridgehead atoms. The Labute approximate surface area is 125 Å². The molecular weight excluding hydrogens is 330 g/mol. The molecule has 1 unspecified atom stereocenters. The lowest BCUT2D eigenvalue weighted by Crippen LogP contribution is -2.22. The van der Waals surface area contributed by atoms with E-state index in [1.807, 2.05) is 18.2 Å². The molecule has 1 nitrogen and oxygen atoms in total. The minimum absolute atomic E-state index is 0.344. The van der Waals surface area contributed by atoms with Crippen molar-refractivity contribution in [1.29, 1.82) is 0 Å². The minimum atomic E-state index is 0.344. The van der Waals surface area contributed by atoms with E-state index in [1.54, 1.807) is 11.3 Å². The van der Waals surface area contributed by atoms with Crippen molar-refractivity contribution in [1.82, 2.24) is 5.32 Å². The van der Waals surface area contributed by atoms with E-state index >= 15 is 0 Å². The molecule has 0 saturated heterocycles. The van der Waals surface area contributed by atoms with Gasteiger partial charge in [-0.2, -0.15) is 0 Å². The molecular formula is C14H15BrClNS. The second kappa shape index (κ2) is 6.71. The summed E-state index contributed by atoms with van der Waals surface area (Å²) in [5, 5.41) is 6.52. The number of nitrogens with one attached hydrogen (secondary N) is 1. The number of hydrogen-bond acceptors (Lipinski definition) is 2. The molecule has 4 heteroatoms. The van der Waals surface area contributed by atoms with Crippen molar-refractivity contribution in [3.63, 3.8) is 0 Å². The Morgan fingerprint density at radius 1 is 1.39 bits per heavy atom. The second-order valence-electron chi connectivity index (χ2n) is 4.13. The predicted octanol–water partition coefficient (Wildman–Crippen LogP) is 5.06. The molecule has 0 radical (unpaired) electrons. The van der Waals surface area contributed by atoms with Crippen LogP contribution in [0.4, 0.5) is 0 Å². The van der Waals surface area contributed by atoms with Gasteiger partial charge in [0.2, 0.25) is 0 Å². The van der Waals surface area contributed by atoms with E-state index in [9.17, 15) is 0 Å². The molecule has 2 aromatic rings. The Balaban J connectivity index is 2.16. The molecule has 1 aromatic heterocycles. The molecule has 1 aromatic carbocycles. The lowest BCUT2D eigenvalue weighted by molar-refractivity contribution is 0.551. The maximum absolute atomic E-state index is 6.03. The highest BCUT2D eigenvalue weighted by Gasteiger charge is 2.12. The van der Waals surface area contributed by atoms with E-state index in [-0.39, 0.29) is 0 Å². The summed E-state index contributed by atoms with van der Waals surface area (Å²) < 4.78 is 1.17. The molecule has 1 heterocycles. The van der Waals surface area contributed by atoms with Gasteiger partial charge in [0.05, 0.1) is 3.79 Å². The molecule has 0 aliphatic heterocycles. The highest BCUT2D eigenvalue weighted by Crippen LogP contribution is 2.27. The first-order valence-electron chi connectivity index (χ1n) is 5.90. The van der Waals surface area contributed by atoms with Crippen molar-refractivity contribution in [3.05, 3.63) is 55.6 Å². The molecule has 0 amide bonds. The van der Waals surface area contributed by atoms with Crippen LogP contribution in [0.3, 0.4) is 0 Å². The SMILES string of the molecule is CCNC(Cc1cccc(Cl)c1)c1csc(Br)c1. The zero-order valence-electron chi connectivity index (χ0n) is 10.1. The van der Waals surface area contributed by atoms with E-state index in [4.69, 9.17) is 11.6 Å². The van der Waals surface area contributed by atoms with Gasteiger partial charge in [0.1, 0.15) is 0 Å². The predicted molar refractivity (Wildman–Crippen MR) is 83.6 cm³/mol. The molecule has 0 aliphatic rings. The van der Waals surface area contributed by atoms with Crippen LogP contribution in [0, 0.1) is 0 Å². The minimum Gasteiger partial charge on any atom is -0.310 e. The van der Waals surface area contributed by atoms with E-state index in [0.717, 1.165) is 18.0 Å². The summed E-state index contributed by atoms with van der Waals surface area (Å²) in [4.78, 5) is 0. The summed E-state index contributed by atoms with van der Waals surface area (Å²) in [5.74, 6) is 0. The lowest BCUT2D eigenvalue weighted by atomic mass is 10.0. The van der Waals surface area contributed by atoms with Crippen molar-refractivity contribution >= 4 is 38.9 Å². The van der Waals surface area contributed by atoms with Gasteiger partial charge in [0.15, 0.2) is 0 Å². The Hall–Kier alpha value is -0.350. The zero-order chi connectivity index (χ0) is 13.0. The Bertz CT molecular complexity index is 512. The van der Waals surface area contributed by atoms with Crippen LogP contribution in [-0.4, -0.2) is 6.54 Å². The number of likely N-dealkylation sites (N-methyl/N-ethyl adjacent to an activating group) is 1. The third-order valence-corrected chi connectivity index (χ3v) is 4.53. The fourth-order valence-electron chi connectivity index (χ4n) is 1.96. The Morgan fingerprint density at radius 2 is 2.22 bits per heavy atom. The third kappa shape index (κ3) is 3.82. The van der Waals surface area contributed by atoms with Gasteiger partial charge in [0.25, 0.3) is 0 Å². The quantitative estimate of drug-likeness (QED) is 0.799. The van der Waals surface area contributed by atoms with Crippen LogP contribution in [0.25, 0.3) is 0 Å². The average Bonchev–Trinajstić information content (AvgIpc) is 2.75. The zero-order valence-corrected chi connectivity index (χ0v) is 13.3. The summed E-state index contributed by atoms with van der Waals surface area (Å²) in [5.41, 5.74) is 2.59. The van der Waals surface area contributed by atoms with Gasteiger partial charge in [-0.1, -0.05) is 30.7 Å². The molecule has 0 saturated carbocycles. The second-order valence-corrected chi connectivity index (χ2v) is 6.86. The van der Waals surface area contributed by atoms with Crippen LogP contribution in [0.5, 0.6) is 0 Å². The monoisotopic (exact) mass is 343 g/mol. The van der Waals surface area contributed by atoms with Crippen LogP contribution in [0.1, 0.15) is 24.1 Å². The smallest absolute Gasteiger partial charge is 0.0701 e. The summed E-state index contributed by atoms with van der Waals surface area (Å²) >= 11 is 11.3. The van der Waals surface area contributed by atoms with Gasteiger partial charge < -0.3 is 5.32 Å². The fraction of sp³-hybridized carbons (Fsp3) is 0.286. The number of benzene rings is 1. The third-order valence-electron chi connectivity index (χ3n) is 2.77. The van der Waals surface area contributed by atoms with E-state index in [1.165, 1.54) is 14.9 Å². The summed E-state index contributed by atoms with van der Waals surface area (Å²) in [6, 6.07) is 10.6. The van der Waals surface area contributed by atoms with Crippen LogP contribution in [0.2, 0.25) is 5.02 Å². The molecule has 96 valence electrons. The largest absolute Gasteiger partial charge is 0.310 e. The van der Waals surface area contributed by atoms with Crippen LogP contribution < -0.4 is 5.32 Å². The van der Waals surface area contributed by atoms with Crippen molar-refractivity contribution in [2.45, 2.75) is 19.4 Å². The molecule has 18 heavy (non-hydrogen) atoms. The maximum atomic E-state index is 6.03. The first-order chi connectivity index (χ1) is 8.69. The standard InChI is InChI=1S/C14H15BrClNS/c1-2-17-13(11-8-14(15)18-9-11)7-10-4-3-5-12(16)6-10/h3-6,8-9,13,17H,2,7H2,1H3. The first kappa shape index (κ1) is 14.1. The normalized spacial score (nSPS) is 12.6. The van der Waals surface area contributed by atoms with E-state index < -0.39 is 0 Å². The van der Waals surface area contributed by atoms with E-state index in [0.29, 0.717) is 6.04 Å². The molecule has 0 spiro atoms. The van der Waals surface area contributed by atoms with Gasteiger partial charge in [-0.15, -0.1) is 11.3 Å². The van der Waals surface area contributed by atoms with Crippen molar-refractivity contribution in [3.8, 4) is 0 Å². The molecule has 2 rings (SSSR count). The van der Waals surface area contributed by atoms with Gasteiger partial charge in [-0.25, -0.2) is 0 Å². The van der Waals surface area contributed by atoms with Crippen LogP contribution in [-0.2, 0) is 6.42 Å². The number of hydrogen-bond donors (Lipinski definition) is 1. The maximum Gasteiger partial charge on any atom is 0.0701 e. The Kier molecular flexibility index (Phi) is 5.25. The first-order valence-corrected chi connectivity index (χ1v) is 7.96. The van der Waals surface area contributed by atoms with Crippen molar-refractivity contribution in [2.24, 2.45) is 0 Å².